The minimum atomic E-state index is -0.872. The molecular formula is C18H27BrN4O2S. The number of aromatic nitrogens is 3. The number of pyridine rings is 1. The van der Waals surface area contributed by atoms with E-state index in [2.05, 4.69) is 38.4 Å². The molecule has 2 heterocycles. The Balaban J connectivity index is 1.71. The summed E-state index contributed by atoms with van der Waals surface area (Å²) in [4.78, 5) is 0. The summed E-state index contributed by atoms with van der Waals surface area (Å²) >= 11 is 3.60. The van der Waals surface area contributed by atoms with E-state index in [-0.39, 0.29) is 10.7 Å². The number of halogens is 1. The van der Waals surface area contributed by atoms with Crippen LogP contribution in [0, 0.1) is 5.41 Å². The summed E-state index contributed by atoms with van der Waals surface area (Å²) in [5.74, 6) is 1.44. The second kappa shape index (κ2) is 8.25. The zero-order valence-electron chi connectivity index (χ0n) is 15.6. The van der Waals surface area contributed by atoms with Crippen LogP contribution in [0.2, 0.25) is 0 Å². The largest absolute Gasteiger partial charge is 0.492 e. The van der Waals surface area contributed by atoms with Crippen LogP contribution < -0.4 is 10.1 Å². The fourth-order valence-corrected chi connectivity index (χ4v) is 4.03. The molecule has 0 spiro atoms. The Hall–Kier alpha value is -1.15. The first kappa shape index (κ1) is 19.6. The van der Waals surface area contributed by atoms with Crippen molar-refractivity contribution < 1.29 is 8.95 Å². The van der Waals surface area contributed by atoms with Crippen molar-refractivity contribution in [2.24, 2.45) is 5.41 Å². The van der Waals surface area contributed by atoms with Crippen LogP contribution in [-0.2, 0) is 10.8 Å². The van der Waals surface area contributed by atoms with Gasteiger partial charge in [-0.15, -0.1) is 10.2 Å². The van der Waals surface area contributed by atoms with Crippen molar-refractivity contribution in [1.29, 1.82) is 0 Å². The Morgan fingerprint density at radius 3 is 2.81 bits per heavy atom. The Bertz CT molecular complexity index is 789. The van der Waals surface area contributed by atoms with Gasteiger partial charge in [0.15, 0.2) is 5.65 Å². The van der Waals surface area contributed by atoms with Gasteiger partial charge in [-0.3, -0.25) is 8.61 Å². The highest BCUT2D eigenvalue weighted by Crippen LogP contribution is 2.37. The van der Waals surface area contributed by atoms with E-state index in [1.165, 1.54) is 32.1 Å². The standard InChI is InChI=1S/C18H27BrN4O2S/c1-13(26(3)24)10-20-17-22-21-16-9-15(14(19)11-23(16)17)25-12-18(2)7-5-4-6-8-18/h9,11,13H,4-8,10,12H2,1-3H3,(H,20,22)/t13-,26-/m0/s1. The lowest BCUT2D eigenvalue weighted by Gasteiger charge is -2.33. The van der Waals surface area contributed by atoms with E-state index in [1.54, 1.807) is 6.26 Å². The van der Waals surface area contributed by atoms with Crippen LogP contribution in [0.3, 0.4) is 0 Å². The highest BCUT2D eigenvalue weighted by Gasteiger charge is 2.28. The van der Waals surface area contributed by atoms with Crippen molar-refractivity contribution in [3.05, 3.63) is 16.7 Å². The van der Waals surface area contributed by atoms with Gasteiger partial charge in [0.2, 0.25) is 5.95 Å². The molecule has 8 heteroatoms. The second-order valence-corrected chi connectivity index (χ2v) is 10.2. The van der Waals surface area contributed by atoms with E-state index in [1.807, 2.05) is 23.6 Å². The lowest BCUT2D eigenvalue weighted by molar-refractivity contribution is 0.115. The van der Waals surface area contributed by atoms with E-state index in [4.69, 9.17) is 4.74 Å². The van der Waals surface area contributed by atoms with Gasteiger partial charge in [-0.05, 0) is 35.7 Å². The quantitative estimate of drug-likeness (QED) is 0.700. The molecule has 0 aliphatic heterocycles. The zero-order chi connectivity index (χ0) is 18.7. The molecular weight excluding hydrogens is 416 g/mol. The van der Waals surface area contributed by atoms with Gasteiger partial charge in [-0.25, -0.2) is 0 Å². The minimum Gasteiger partial charge on any atom is -0.492 e. The molecule has 144 valence electrons. The van der Waals surface area contributed by atoms with Gasteiger partial charge in [-0.1, -0.05) is 26.2 Å². The summed E-state index contributed by atoms with van der Waals surface area (Å²) in [5.41, 5.74) is 0.987. The lowest BCUT2D eigenvalue weighted by Crippen LogP contribution is -2.27. The minimum absolute atomic E-state index is 0.0460. The Kier molecular flexibility index (Phi) is 6.22. The molecule has 1 saturated carbocycles. The van der Waals surface area contributed by atoms with Crippen LogP contribution in [-0.4, -0.2) is 43.5 Å². The van der Waals surface area contributed by atoms with E-state index in [9.17, 15) is 4.21 Å². The number of ether oxygens (including phenoxy) is 1. The molecule has 2 atom stereocenters. The molecule has 1 aliphatic rings. The molecule has 0 radical (unpaired) electrons. The van der Waals surface area contributed by atoms with Crippen molar-refractivity contribution in [1.82, 2.24) is 14.6 Å². The summed E-state index contributed by atoms with van der Waals surface area (Å²) in [7, 11) is -0.872. The summed E-state index contributed by atoms with van der Waals surface area (Å²) in [5, 5.41) is 11.7. The number of nitrogens with one attached hydrogen (secondary N) is 1. The maximum Gasteiger partial charge on any atom is 0.229 e. The summed E-state index contributed by atoms with van der Waals surface area (Å²) in [6, 6.07) is 1.91. The van der Waals surface area contributed by atoms with Crippen molar-refractivity contribution >= 4 is 38.3 Å². The Labute approximate surface area is 165 Å². The van der Waals surface area contributed by atoms with Gasteiger partial charge in [0, 0.05) is 46.5 Å². The van der Waals surface area contributed by atoms with Crippen LogP contribution in [0.4, 0.5) is 5.95 Å². The fourth-order valence-electron chi connectivity index (χ4n) is 3.28. The number of hydrogen-bond acceptors (Lipinski definition) is 5. The molecule has 0 unspecified atom stereocenters. The van der Waals surface area contributed by atoms with Crippen LogP contribution in [0.1, 0.15) is 46.0 Å². The Morgan fingerprint density at radius 2 is 2.12 bits per heavy atom. The second-order valence-electron chi connectivity index (χ2n) is 7.59. The zero-order valence-corrected chi connectivity index (χ0v) is 18.0. The van der Waals surface area contributed by atoms with Crippen molar-refractivity contribution in [2.45, 2.75) is 51.2 Å². The number of nitrogens with zero attached hydrogens (tertiary/aromatic N) is 3. The first-order chi connectivity index (χ1) is 12.4. The molecule has 0 bridgehead atoms. The first-order valence-corrected chi connectivity index (χ1v) is 11.5. The number of rotatable bonds is 7. The molecule has 1 fully saturated rings. The summed E-state index contributed by atoms with van der Waals surface area (Å²) in [6.45, 7) is 5.57. The van der Waals surface area contributed by atoms with Gasteiger partial charge in [-0.2, -0.15) is 0 Å². The topological polar surface area (TPSA) is 68.5 Å². The third kappa shape index (κ3) is 4.57. The molecule has 0 aromatic carbocycles. The molecule has 0 amide bonds. The maximum atomic E-state index is 11.5. The van der Waals surface area contributed by atoms with Crippen molar-refractivity contribution in [3.8, 4) is 5.75 Å². The van der Waals surface area contributed by atoms with Crippen molar-refractivity contribution in [2.75, 3.05) is 24.7 Å². The van der Waals surface area contributed by atoms with Gasteiger partial charge in [0.05, 0.1) is 11.1 Å². The third-order valence-corrected chi connectivity index (χ3v) is 7.11. The Morgan fingerprint density at radius 1 is 1.38 bits per heavy atom. The van der Waals surface area contributed by atoms with Crippen LogP contribution in [0.25, 0.3) is 5.65 Å². The average Bonchev–Trinajstić information content (AvgIpc) is 3.00. The molecule has 1 aliphatic carbocycles. The summed E-state index contributed by atoms with van der Waals surface area (Å²) in [6.07, 6.45) is 10.0. The van der Waals surface area contributed by atoms with Gasteiger partial charge < -0.3 is 10.1 Å². The lowest BCUT2D eigenvalue weighted by atomic mass is 9.76. The van der Waals surface area contributed by atoms with Gasteiger partial charge in [0.25, 0.3) is 0 Å². The van der Waals surface area contributed by atoms with Crippen LogP contribution >= 0.6 is 15.9 Å². The summed E-state index contributed by atoms with van der Waals surface area (Å²) < 4.78 is 20.4. The van der Waals surface area contributed by atoms with E-state index in [0.29, 0.717) is 12.5 Å². The molecule has 26 heavy (non-hydrogen) atoms. The highest BCUT2D eigenvalue weighted by atomic mass is 79.9. The maximum absolute atomic E-state index is 11.5. The van der Waals surface area contributed by atoms with Gasteiger partial charge in [0.1, 0.15) is 5.75 Å². The molecule has 0 saturated heterocycles. The van der Waals surface area contributed by atoms with E-state index >= 15 is 0 Å². The van der Waals surface area contributed by atoms with Crippen LogP contribution in [0.5, 0.6) is 5.75 Å². The predicted molar refractivity (Wildman–Crippen MR) is 109 cm³/mol. The number of anilines is 1. The van der Waals surface area contributed by atoms with Crippen LogP contribution in [0.15, 0.2) is 16.7 Å². The number of fused-ring (bicyclic) bond motifs is 1. The molecule has 2 aromatic heterocycles. The molecule has 2 aromatic rings. The van der Waals surface area contributed by atoms with Crippen molar-refractivity contribution in [3.63, 3.8) is 0 Å². The fraction of sp³-hybridized carbons (Fsp3) is 0.667. The predicted octanol–water partition coefficient (Wildman–Crippen LogP) is 4.02. The van der Waals surface area contributed by atoms with Gasteiger partial charge >= 0.3 is 0 Å². The van der Waals surface area contributed by atoms with E-state index < -0.39 is 10.8 Å². The average molecular weight is 443 g/mol. The van der Waals surface area contributed by atoms with E-state index in [0.717, 1.165) is 22.5 Å². The number of hydrogen-bond donors (Lipinski definition) is 1. The SMILES string of the molecule is C[C@@H](CNc1nnc2cc(OCC3(C)CCCCC3)c(Br)cn12)[S@](C)=O. The smallest absolute Gasteiger partial charge is 0.229 e. The molecule has 6 nitrogen and oxygen atoms in total. The highest BCUT2D eigenvalue weighted by molar-refractivity contribution is 9.10. The monoisotopic (exact) mass is 442 g/mol. The first-order valence-electron chi connectivity index (χ1n) is 9.11. The molecule has 1 N–H and O–H groups in total. The third-order valence-electron chi connectivity index (χ3n) is 5.21. The normalized spacial score (nSPS) is 19.2. The molecule has 3 rings (SSSR count).